The van der Waals surface area contributed by atoms with E-state index in [1.54, 1.807) is 19.3 Å². The molecule has 1 aliphatic rings. The third kappa shape index (κ3) is 8.57. The molecule has 1 aliphatic heterocycles. The number of alkyl halides is 1. The number of pyridine rings is 1. The molecule has 0 aliphatic carbocycles. The van der Waals surface area contributed by atoms with E-state index in [4.69, 9.17) is 16.3 Å². The molecule has 8 heteroatoms. The van der Waals surface area contributed by atoms with Gasteiger partial charge in [-0.05, 0) is 36.6 Å². The number of nitrogens with one attached hydrogen (secondary N) is 1. The summed E-state index contributed by atoms with van der Waals surface area (Å²) < 4.78 is 6.23. The molecule has 0 aromatic carbocycles. The molecule has 1 aromatic heterocycles. The Balaban J connectivity index is 2.30. The molecule has 1 fully saturated rings. The Kier molecular flexibility index (Phi) is 11.6. The van der Waals surface area contributed by atoms with Gasteiger partial charge in [0.15, 0.2) is 5.71 Å². The van der Waals surface area contributed by atoms with E-state index in [9.17, 15) is 9.90 Å². The number of quaternary nitrogens is 1. The fourth-order valence-electron chi connectivity index (χ4n) is 3.34. The van der Waals surface area contributed by atoms with Gasteiger partial charge in [-0.1, -0.05) is 64.6 Å². The summed E-state index contributed by atoms with van der Waals surface area (Å²) in [4.78, 5) is 22.5. The first-order valence-corrected chi connectivity index (χ1v) is 12.2. The van der Waals surface area contributed by atoms with Gasteiger partial charge in [0.05, 0.1) is 20.3 Å². The molecule has 1 saturated heterocycles. The van der Waals surface area contributed by atoms with Crippen molar-refractivity contribution < 1.29 is 19.5 Å². The predicted octanol–water partition coefficient (Wildman–Crippen LogP) is 2.40. The topological polar surface area (TPSA) is 76.2 Å². The van der Waals surface area contributed by atoms with Gasteiger partial charge in [0.25, 0.3) is 0 Å². The second-order valence-electron chi connectivity index (χ2n) is 7.24. The van der Waals surface area contributed by atoms with Gasteiger partial charge in [0, 0.05) is 23.6 Å². The van der Waals surface area contributed by atoms with Crippen molar-refractivity contribution >= 4 is 45.8 Å². The first kappa shape index (κ1) is 25.9. The van der Waals surface area contributed by atoms with Gasteiger partial charge in [0.2, 0.25) is 0 Å². The van der Waals surface area contributed by atoms with E-state index in [-0.39, 0.29) is 18.6 Å². The smallest absolute Gasteiger partial charge is 0.362 e. The molecule has 0 radical (unpaired) electrons. The number of ether oxygens (including phenoxy) is 1. The molecule has 2 rings (SSSR count). The average Bonchev–Trinajstić information content (AvgIpc) is 2.77. The van der Waals surface area contributed by atoms with Crippen molar-refractivity contribution in [1.82, 2.24) is 4.98 Å². The molecule has 1 aromatic rings. The van der Waals surface area contributed by atoms with Gasteiger partial charge in [-0.2, -0.15) is 0 Å². The molecule has 1 amide bonds. The third-order valence-corrected chi connectivity index (χ3v) is 5.70. The predicted molar refractivity (Wildman–Crippen MR) is 133 cm³/mol. The summed E-state index contributed by atoms with van der Waals surface area (Å²) >= 11 is 8.19. The number of aliphatic imine (C=N–C) groups is 1. The molecular weight excluding hydrogens is 529 g/mol. The van der Waals surface area contributed by atoms with Crippen LogP contribution >= 0.6 is 34.2 Å². The summed E-state index contributed by atoms with van der Waals surface area (Å²) in [5.41, 5.74) is 2.32. The number of nitrogens with zero attached hydrogens (tertiary/aromatic N) is 2. The van der Waals surface area contributed by atoms with Crippen molar-refractivity contribution in [1.29, 1.82) is 0 Å². The lowest BCUT2D eigenvalue weighted by Crippen LogP contribution is -3.18. The van der Waals surface area contributed by atoms with E-state index in [1.165, 1.54) is 0 Å². The summed E-state index contributed by atoms with van der Waals surface area (Å²) in [5.74, 6) is -0.129. The van der Waals surface area contributed by atoms with E-state index in [0.29, 0.717) is 41.8 Å². The van der Waals surface area contributed by atoms with Crippen LogP contribution < -0.4 is 4.90 Å². The normalized spacial score (nSPS) is 21.7. The van der Waals surface area contributed by atoms with Crippen LogP contribution in [0.4, 0.5) is 0 Å². The Bertz CT molecular complexity index is 837. The Hall–Kier alpha value is -1.39. The lowest BCUT2D eigenvalue weighted by Gasteiger charge is -2.30. The number of hydrogen-bond donors (Lipinski definition) is 2. The van der Waals surface area contributed by atoms with Crippen molar-refractivity contribution in [3.63, 3.8) is 0 Å². The number of rotatable bonds is 9. The number of aliphatic hydroxyl groups is 1. The van der Waals surface area contributed by atoms with E-state index in [0.717, 1.165) is 15.6 Å². The molecule has 3 unspecified atom stereocenters. The lowest BCUT2D eigenvalue weighted by molar-refractivity contribution is -0.830. The molecule has 0 spiro atoms. The highest BCUT2D eigenvalue weighted by molar-refractivity contribution is 14.1. The Morgan fingerprint density at radius 2 is 2.26 bits per heavy atom. The third-order valence-electron chi connectivity index (χ3n) is 4.97. The van der Waals surface area contributed by atoms with Gasteiger partial charge in [-0.15, -0.1) is 0 Å². The molecular formula is C23H30ClIN3O3+. The standard InChI is InChI=1S/C23H29ClIN3O3/c1-3-26-19(23(30)28(2)20-10-12-31-16-21(20)29)14-17(7-5-4-6-11-25)13-18-8-9-22(24)27-15-18/h4-9,14-15,20-21,29H,3,10-13,16H2,1-2H3/p+1. The number of aromatic nitrogens is 1. The van der Waals surface area contributed by atoms with Crippen LogP contribution in [0.1, 0.15) is 18.9 Å². The van der Waals surface area contributed by atoms with Crippen LogP contribution in [0.5, 0.6) is 0 Å². The molecule has 6 nitrogen and oxygen atoms in total. The number of likely N-dealkylation sites (N-methyl/N-ethyl adjacent to an activating group) is 1. The molecule has 31 heavy (non-hydrogen) atoms. The van der Waals surface area contributed by atoms with Gasteiger partial charge in [-0.3, -0.25) is 9.89 Å². The van der Waals surface area contributed by atoms with Crippen molar-refractivity contribution in [3.8, 4) is 0 Å². The van der Waals surface area contributed by atoms with Crippen LogP contribution in [0.25, 0.3) is 0 Å². The molecule has 2 heterocycles. The second kappa shape index (κ2) is 13.9. The minimum absolute atomic E-state index is 0.129. The van der Waals surface area contributed by atoms with Crippen molar-refractivity contribution in [2.45, 2.75) is 31.9 Å². The summed E-state index contributed by atoms with van der Waals surface area (Å²) in [5, 5.41) is 10.7. The number of hydrogen-bond acceptors (Lipinski definition) is 5. The number of amides is 1. The average molecular weight is 559 g/mol. The molecule has 168 valence electrons. The Labute approximate surface area is 202 Å². The fraction of sp³-hybridized carbons (Fsp3) is 0.435. The Morgan fingerprint density at radius 1 is 1.45 bits per heavy atom. The maximum atomic E-state index is 13.3. The maximum absolute atomic E-state index is 13.3. The van der Waals surface area contributed by atoms with Crippen LogP contribution in [-0.4, -0.2) is 65.1 Å². The van der Waals surface area contributed by atoms with Crippen molar-refractivity contribution in [2.24, 2.45) is 4.99 Å². The van der Waals surface area contributed by atoms with Crippen molar-refractivity contribution in [2.75, 3.05) is 31.2 Å². The quantitative estimate of drug-likeness (QED) is 0.161. The van der Waals surface area contributed by atoms with Crippen LogP contribution in [0, 0.1) is 0 Å². The SMILES string of the molecule is CCN=C(C=C(C=CC=CCI)Cc1ccc(Cl)nc1)C(=O)[NH+](C)C1CCOCC1O. The van der Waals surface area contributed by atoms with E-state index >= 15 is 0 Å². The first-order chi connectivity index (χ1) is 15.0. The highest BCUT2D eigenvalue weighted by Crippen LogP contribution is 2.12. The summed E-state index contributed by atoms with van der Waals surface area (Å²) in [7, 11) is 1.79. The highest BCUT2D eigenvalue weighted by atomic mass is 127. The zero-order valence-corrected chi connectivity index (χ0v) is 20.8. The number of allylic oxidation sites excluding steroid dienone is 5. The molecule has 3 atom stereocenters. The number of halogens is 2. The summed E-state index contributed by atoms with van der Waals surface area (Å²) in [6, 6.07) is 3.47. The number of aliphatic hydroxyl groups excluding tert-OH is 1. The highest BCUT2D eigenvalue weighted by Gasteiger charge is 2.36. The van der Waals surface area contributed by atoms with Crippen LogP contribution in [0.2, 0.25) is 5.15 Å². The van der Waals surface area contributed by atoms with Gasteiger partial charge in [0.1, 0.15) is 17.3 Å². The monoisotopic (exact) mass is 558 g/mol. The number of carbonyl (C=O) groups excluding carboxylic acids is 1. The van der Waals surface area contributed by atoms with E-state index in [2.05, 4.69) is 38.6 Å². The summed E-state index contributed by atoms with van der Waals surface area (Å²) in [6.07, 6.45) is 12.1. The van der Waals surface area contributed by atoms with Gasteiger partial charge < -0.3 is 9.84 Å². The van der Waals surface area contributed by atoms with Gasteiger partial charge >= 0.3 is 5.91 Å². The fourth-order valence-corrected chi connectivity index (χ4v) is 3.75. The van der Waals surface area contributed by atoms with Crippen LogP contribution in [0.3, 0.4) is 0 Å². The van der Waals surface area contributed by atoms with Gasteiger partial charge in [-0.25, -0.2) is 9.78 Å². The molecule has 0 saturated carbocycles. The summed E-state index contributed by atoms with van der Waals surface area (Å²) in [6.45, 7) is 3.20. The lowest BCUT2D eigenvalue weighted by atomic mass is 10.0. The largest absolute Gasteiger partial charge is 0.384 e. The number of carbonyl (C=O) groups is 1. The van der Waals surface area contributed by atoms with E-state index < -0.39 is 6.10 Å². The zero-order chi connectivity index (χ0) is 22.6. The maximum Gasteiger partial charge on any atom is 0.362 e. The van der Waals surface area contributed by atoms with Crippen molar-refractivity contribution in [3.05, 3.63) is 65.0 Å². The van der Waals surface area contributed by atoms with Crippen LogP contribution in [-0.2, 0) is 16.0 Å². The zero-order valence-electron chi connectivity index (χ0n) is 17.9. The first-order valence-electron chi connectivity index (χ1n) is 10.3. The minimum atomic E-state index is -0.664. The Morgan fingerprint density at radius 3 is 2.90 bits per heavy atom. The van der Waals surface area contributed by atoms with E-state index in [1.807, 2.05) is 37.3 Å². The van der Waals surface area contributed by atoms with Crippen LogP contribution in [0.15, 0.2) is 59.3 Å². The molecule has 0 bridgehead atoms. The second-order valence-corrected chi connectivity index (χ2v) is 8.50. The minimum Gasteiger partial charge on any atom is -0.384 e. The molecule has 2 N–H and O–H groups in total.